The minimum Gasteiger partial charge on any atom is -0.507 e. The number of likely N-dealkylation sites (tertiary alicyclic amines) is 1. The summed E-state index contributed by atoms with van der Waals surface area (Å²) in [7, 11) is 7.62. The molecule has 1 aliphatic heterocycles. The third-order valence-electron chi connectivity index (χ3n) is 7.53. The Hall–Kier alpha value is -5.12. The van der Waals surface area contributed by atoms with Crippen molar-refractivity contribution in [2.45, 2.75) is 12.5 Å². The molecule has 10 nitrogen and oxygen atoms in total. The van der Waals surface area contributed by atoms with Gasteiger partial charge in [0, 0.05) is 40.8 Å². The van der Waals surface area contributed by atoms with Gasteiger partial charge in [-0.15, -0.1) is 0 Å². The molecule has 0 spiro atoms. The quantitative estimate of drug-likeness (QED) is 0.157. The van der Waals surface area contributed by atoms with E-state index in [1.165, 1.54) is 33.3 Å². The van der Waals surface area contributed by atoms with Crippen molar-refractivity contribution >= 4 is 28.4 Å². The molecule has 1 fully saturated rings. The number of hydrogen-bond donors (Lipinski definition) is 2. The van der Waals surface area contributed by atoms with Crippen molar-refractivity contribution in [3.8, 4) is 28.7 Å². The normalized spacial score (nSPS) is 16.1. The largest absolute Gasteiger partial charge is 0.507 e. The smallest absolute Gasteiger partial charge is 0.295 e. The van der Waals surface area contributed by atoms with Crippen LogP contribution in [0.3, 0.4) is 0 Å². The molecule has 0 radical (unpaired) electrons. The second-order valence-electron chi connectivity index (χ2n) is 9.65. The number of aliphatic hydroxyl groups is 1. The number of carbonyl (C=O) groups is 2. The van der Waals surface area contributed by atoms with Gasteiger partial charge in [-0.1, -0.05) is 0 Å². The van der Waals surface area contributed by atoms with E-state index < -0.39 is 17.7 Å². The molecule has 1 amide bonds. The van der Waals surface area contributed by atoms with Crippen LogP contribution in [0.15, 0.2) is 66.4 Å². The molecule has 1 atom stereocenters. The Bertz CT molecular complexity index is 1690. The van der Waals surface area contributed by atoms with Gasteiger partial charge in [0.1, 0.15) is 23.0 Å². The maximum Gasteiger partial charge on any atom is 0.295 e. The highest BCUT2D eigenvalue weighted by Crippen LogP contribution is 2.44. The average Bonchev–Trinajstić information content (AvgIpc) is 3.55. The number of H-pyrrole nitrogens is 1. The van der Waals surface area contributed by atoms with Crippen LogP contribution < -0.4 is 23.7 Å². The van der Waals surface area contributed by atoms with Gasteiger partial charge in [0.15, 0.2) is 11.5 Å². The number of Topliss-reactive ketones (excluding diaryl/α,β-unsaturated/α-hetero) is 1. The highest BCUT2D eigenvalue weighted by atomic mass is 16.5. The van der Waals surface area contributed by atoms with Gasteiger partial charge in [0.2, 0.25) is 0 Å². The molecule has 3 aromatic carbocycles. The summed E-state index contributed by atoms with van der Waals surface area (Å²) < 4.78 is 27.1. The molecule has 1 aliphatic rings. The highest BCUT2D eigenvalue weighted by molar-refractivity contribution is 6.46. The molecular weight excluding hydrogens is 540 g/mol. The maximum atomic E-state index is 13.6. The molecule has 0 aliphatic carbocycles. The van der Waals surface area contributed by atoms with Crippen LogP contribution >= 0.6 is 0 Å². The molecule has 0 unspecified atom stereocenters. The number of hydrogen-bond acceptors (Lipinski definition) is 8. The first-order chi connectivity index (χ1) is 20.3. The zero-order valence-electron chi connectivity index (χ0n) is 24.0. The van der Waals surface area contributed by atoms with E-state index in [0.717, 1.165) is 16.5 Å². The molecule has 42 heavy (non-hydrogen) atoms. The number of amides is 1. The number of aromatic nitrogens is 1. The lowest BCUT2D eigenvalue weighted by atomic mass is 9.94. The number of nitrogens with zero attached hydrogens (tertiary/aromatic N) is 1. The van der Waals surface area contributed by atoms with Crippen molar-refractivity contribution in [3.05, 3.63) is 83.1 Å². The van der Waals surface area contributed by atoms with Crippen molar-refractivity contribution in [2.24, 2.45) is 0 Å². The SMILES string of the molecule is COc1ccc([C@@H]2C(=C(O)c3ccc(OC)c(OC)c3)C(=O)C(=O)N2CCc2c[nH]c3ccc(OC)cc23)c(OC)c1. The van der Waals surface area contributed by atoms with Crippen molar-refractivity contribution in [1.82, 2.24) is 9.88 Å². The third-order valence-corrected chi connectivity index (χ3v) is 7.53. The number of ether oxygens (including phenoxy) is 5. The van der Waals surface area contributed by atoms with E-state index in [2.05, 4.69) is 4.98 Å². The Balaban J connectivity index is 1.62. The standard InChI is InChI=1S/C32H32N2O8/c1-38-20-8-10-24-23(15-20)19(17-33-24)12-13-34-29(22-9-7-21(39-2)16-26(22)41-4)28(31(36)32(34)37)30(35)18-6-11-25(40-3)27(14-18)42-5/h6-11,14-17,29,33,35H,12-13H2,1-5H3/t29-/m1/s1. The second-order valence-corrected chi connectivity index (χ2v) is 9.65. The first-order valence-corrected chi connectivity index (χ1v) is 13.2. The van der Waals surface area contributed by atoms with Crippen LogP contribution in [-0.2, 0) is 16.0 Å². The topological polar surface area (TPSA) is 120 Å². The molecule has 5 rings (SSSR count). The van der Waals surface area contributed by atoms with E-state index in [9.17, 15) is 14.7 Å². The van der Waals surface area contributed by atoms with Crippen LogP contribution in [0, 0.1) is 0 Å². The summed E-state index contributed by atoms with van der Waals surface area (Å²) in [6.45, 7) is 0.192. The summed E-state index contributed by atoms with van der Waals surface area (Å²) in [6, 6.07) is 14.7. The summed E-state index contributed by atoms with van der Waals surface area (Å²) in [4.78, 5) is 31.9. The van der Waals surface area contributed by atoms with E-state index >= 15 is 0 Å². The minimum atomic E-state index is -0.932. The average molecular weight is 573 g/mol. The number of carbonyl (C=O) groups excluding carboxylic acids is 2. The number of aliphatic hydroxyl groups excluding tert-OH is 1. The second kappa shape index (κ2) is 11.8. The van der Waals surface area contributed by atoms with Crippen molar-refractivity contribution in [3.63, 3.8) is 0 Å². The van der Waals surface area contributed by atoms with E-state index in [0.29, 0.717) is 46.3 Å². The van der Waals surface area contributed by atoms with Crippen molar-refractivity contribution < 1.29 is 38.4 Å². The molecule has 2 heterocycles. The number of fused-ring (bicyclic) bond motifs is 1. The van der Waals surface area contributed by atoms with Gasteiger partial charge in [-0.2, -0.15) is 0 Å². The lowest BCUT2D eigenvalue weighted by Gasteiger charge is -2.27. The van der Waals surface area contributed by atoms with Crippen LogP contribution in [0.4, 0.5) is 0 Å². The fourth-order valence-corrected chi connectivity index (χ4v) is 5.35. The van der Waals surface area contributed by atoms with E-state index in [1.54, 1.807) is 43.5 Å². The Kier molecular flexibility index (Phi) is 7.97. The molecule has 0 saturated carbocycles. The number of aromatic amines is 1. The van der Waals surface area contributed by atoms with Gasteiger partial charge in [-0.25, -0.2) is 0 Å². The number of rotatable bonds is 10. The Morgan fingerprint density at radius 2 is 1.50 bits per heavy atom. The molecule has 0 bridgehead atoms. The third kappa shape index (κ3) is 4.96. The van der Waals surface area contributed by atoms with Gasteiger partial charge in [-0.3, -0.25) is 9.59 Å². The summed E-state index contributed by atoms with van der Waals surface area (Å²) in [5.41, 5.74) is 2.64. The predicted octanol–water partition coefficient (Wildman–Crippen LogP) is 4.88. The van der Waals surface area contributed by atoms with Gasteiger partial charge >= 0.3 is 0 Å². The summed E-state index contributed by atoms with van der Waals surface area (Å²) in [6.07, 6.45) is 2.32. The first-order valence-electron chi connectivity index (χ1n) is 13.2. The van der Waals surface area contributed by atoms with E-state index in [-0.39, 0.29) is 17.9 Å². The van der Waals surface area contributed by atoms with E-state index in [4.69, 9.17) is 23.7 Å². The van der Waals surface area contributed by atoms with Crippen LogP contribution in [0.1, 0.15) is 22.7 Å². The summed E-state index contributed by atoms with van der Waals surface area (Å²) in [5, 5.41) is 12.5. The molecule has 1 aromatic heterocycles. The van der Waals surface area contributed by atoms with Crippen molar-refractivity contribution in [2.75, 3.05) is 42.1 Å². The van der Waals surface area contributed by atoms with E-state index in [1.807, 2.05) is 24.4 Å². The fraction of sp³-hybridized carbons (Fsp3) is 0.250. The lowest BCUT2D eigenvalue weighted by molar-refractivity contribution is -0.139. The van der Waals surface area contributed by atoms with Crippen LogP contribution in [0.25, 0.3) is 16.7 Å². The molecule has 1 saturated heterocycles. The molecular formula is C32H32N2O8. The summed E-state index contributed by atoms with van der Waals surface area (Å²) in [5.74, 6) is 0.616. The summed E-state index contributed by atoms with van der Waals surface area (Å²) >= 11 is 0. The highest BCUT2D eigenvalue weighted by Gasteiger charge is 2.47. The van der Waals surface area contributed by atoms with Crippen molar-refractivity contribution in [1.29, 1.82) is 0 Å². The Labute approximate surface area is 243 Å². The fourth-order valence-electron chi connectivity index (χ4n) is 5.35. The zero-order chi connectivity index (χ0) is 30.0. The maximum absolute atomic E-state index is 13.6. The minimum absolute atomic E-state index is 0.0590. The first kappa shape index (κ1) is 28.4. The molecule has 218 valence electrons. The van der Waals surface area contributed by atoms with Gasteiger partial charge in [0.05, 0.1) is 47.2 Å². The number of nitrogens with one attached hydrogen (secondary N) is 1. The number of ketones is 1. The lowest BCUT2D eigenvalue weighted by Crippen LogP contribution is -2.31. The predicted molar refractivity (Wildman–Crippen MR) is 157 cm³/mol. The zero-order valence-corrected chi connectivity index (χ0v) is 24.0. The molecule has 4 aromatic rings. The van der Waals surface area contributed by atoms with Crippen LogP contribution in [-0.4, -0.2) is 68.8 Å². The molecule has 2 N–H and O–H groups in total. The van der Waals surface area contributed by atoms with Gasteiger partial charge < -0.3 is 38.7 Å². The van der Waals surface area contributed by atoms with Gasteiger partial charge in [0.25, 0.3) is 11.7 Å². The van der Waals surface area contributed by atoms with Crippen LogP contribution in [0.2, 0.25) is 0 Å². The Morgan fingerprint density at radius 1 is 0.810 bits per heavy atom. The van der Waals surface area contributed by atoms with Gasteiger partial charge in [-0.05, 0) is 60.5 Å². The monoisotopic (exact) mass is 572 g/mol. The molecule has 10 heteroatoms. The number of benzene rings is 3. The Morgan fingerprint density at radius 3 is 2.19 bits per heavy atom. The number of methoxy groups -OCH3 is 5. The van der Waals surface area contributed by atoms with Crippen LogP contribution in [0.5, 0.6) is 28.7 Å².